The van der Waals surface area contributed by atoms with E-state index in [1.54, 1.807) is 19.9 Å². The van der Waals surface area contributed by atoms with E-state index < -0.39 is 6.04 Å². The summed E-state index contributed by atoms with van der Waals surface area (Å²) in [6.07, 6.45) is 1.60. The standard InChI is InChI=1S/C21H26N2O5/c1-4-27-21(26)15-8-7-11-23(12-15)13(2)20(25)22-18-16-9-5-6-10-17(16)28-19(18)14(3)24/h5-6,9-10,13,15H,4,7-8,11-12H2,1-3H3,(H,22,25). The summed E-state index contributed by atoms with van der Waals surface area (Å²) in [4.78, 5) is 38.9. The predicted molar refractivity (Wildman–Crippen MR) is 105 cm³/mol. The molecule has 0 aliphatic carbocycles. The van der Waals surface area contributed by atoms with Crippen molar-refractivity contribution < 1.29 is 23.5 Å². The first kappa shape index (κ1) is 20.1. The number of likely N-dealkylation sites (tertiary alicyclic amines) is 1. The van der Waals surface area contributed by atoms with Gasteiger partial charge >= 0.3 is 5.97 Å². The van der Waals surface area contributed by atoms with Crippen LogP contribution in [0.1, 0.15) is 44.2 Å². The number of para-hydroxylation sites is 1. The smallest absolute Gasteiger partial charge is 0.310 e. The number of nitrogens with zero attached hydrogens (tertiary/aromatic N) is 1. The van der Waals surface area contributed by atoms with Crippen molar-refractivity contribution in [3.05, 3.63) is 30.0 Å². The second kappa shape index (κ2) is 8.56. The number of amides is 1. The molecule has 1 aliphatic heterocycles. The Labute approximate surface area is 164 Å². The fourth-order valence-electron chi connectivity index (χ4n) is 3.62. The van der Waals surface area contributed by atoms with Gasteiger partial charge in [-0.3, -0.25) is 19.3 Å². The predicted octanol–water partition coefficient (Wildman–Crippen LogP) is 3.24. The van der Waals surface area contributed by atoms with Gasteiger partial charge in [0.25, 0.3) is 0 Å². The van der Waals surface area contributed by atoms with Gasteiger partial charge in [0.05, 0.1) is 24.3 Å². The van der Waals surface area contributed by atoms with Gasteiger partial charge in [-0.25, -0.2) is 0 Å². The molecule has 7 nitrogen and oxygen atoms in total. The lowest BCUT2D eigenvalue weighted by atomic mass is 9.97. The van der Waals surface area contributed by atoms with Gasteiger partial charge in [0, 0.05) is 18.9 Å². The van der Waals surface area contributed by atoms with Crippen LogP contribution in [0.5, 0.6) is 0 Å². The number of carbonyl (C=O) groups excluding carboxylic acids is 3. The highest BCUT2D eigenvalue weighted by Crippen LogP contribution is 2.31. The van der Waals surface area contributed by atoms with Crippen LogP contribution in [0.4, 0.5) is 5.69 Å². The van der Waals surface area contributed by atoms with Crippen LogP contribution in [0.25, 0.3) is 11.0 Å². The van der Waals surface area contributed by atoms with Crippen molar-refractivity contribution in [2.24, 2.45) is 5.92 Å². The van der Waals surface area contributed by atoms with Crippen LogP contribution in [0, 0.1) is 5.92 Å². The first-order chi connectivity index (χ1) is 13.4. The monoisotopic (exact) mass is 386 g/mol. The maximum absolute atomic E-state index is 12.9. The molecule has 2 atom stereocenters. The number of benzene rings is 1. The SMILES string of the molecule is CCOC(=O)C1CCCN(C(C)C(=O)Nc2c(C(C)=O)oc3ccccc23)C1. The molecule has 1 aromatic carbocycles. The van der Waals surface area contributed by atoms with Crippen LogP contribution in [0.3, 0.4) is 0 Å². The number of hydrogen-bond donors (Lipinski definition) is 1. The van der Waals surface area contributed by atoms with Crippen molar-refractivity contribution in [3.8, 4) is 0 Å². The Hall–Kier alpha value is -2.67. The van der Waals surface area contributed by atoms with Crippen LogP contribution >= 0.6 is 0 Å². The first-order valence-electron chi connectivity index (χ1n) is 9.66. The number of hydrogen-bond acceptors (Lipinski definition) is 6. The van der Waals surface area contributed by atoms with E-state index in [9.17, 15) is 14.4 Å². The minimum absolute atomic E-state index is 0.143. The van der Waals surface area contributed by atoms with Gasteiger partial charge < -0.3 is 14.5 Å². The lowest BCUT2D eigenvalue weighted by Crippen LogP contribution is -2.48. The molecule has 3 rings (SSSR count). The van der Waals surface area contributed by atoms with E-state index in [0.717, 1.165) is 19.4 Å². The van der Waals surface area contributed by atoms with E-state index >= 15 is 0 Å². The molecule has 1 amide bonds. The van der Waals surface area contributed by atoms with Gasteiger partial charge in [-0.2, -0.15) is 0 Å². The van der Waals surface area contributed by atoms with Crippen LogP contribution in [0.15, 0.2) is 28.7 Å². The molecule has 1 aromatic heterocycles. The van der Waals surface area contributed by atoms with Crippen LogP contribution in [0.2, 0.25) is 0 Å². The molecular formula is C21H26N2O5. The number of ether oxygens (including phenoxy) is 1. The summed E-state index contributed by atoms with van der Waals surface area (Å²) in [6, 6.07) is 6.76. The van der Waals surface area contributed by atoms with Crippen molar-refractivity contribution in [1.29, 1.82) is 0 Å². The summed E-state index contributed by atoms with van der Waals surface area (Å²) in [5, 5.41) is 3.56. The Morgan fingerprint density at radius 1 is 1.32 bits per heavy atom. The molecule has 0 radical (unpaired) electrons. The molecule has 2 aromatic rings. The molecule has 2 unspecified atom stereocenters. The summed E-state index contributed by atoms with van der Waals surface area (Å²) in [5.74, 6) is -0.770. The Morgan fingerprint density at radius 2 is 2.07 bits per heavy atom. The van der Waals surface area contributed by atoms with E-state index in [0.29, 0.717) is 29.8 Å². The fourth-order valence-corrected chi connectivity index (χ4v) is 3.62. The third-order valence-corrected chi connectivity index (χ3v) is 5.16. The molecule has 7 heteroatoms. The number of ketones is 1. The van der Waals surface area contributed by atoms with E-state index in [-0.39, 0.29) is 29.3 Å². The minimum Gasteiger partial charge on any atom is -0.466 e. The zero-order valence-electron chi connectivity index (χ0n) is 16.5. The third-order valence-electron chi connectivity index (χ3n) is 5.16. The Kier molecular flexibility index (Phi) is 6.14. The van der Waals surface area contributed by atoms with Gasteiger partial charge in [0.1, 0.15) is 5.58 Å². The Bertz CT molecular complexity index is 888. The highest BCUT2D eigenvalue weighted by molar-refractivity contribution is 6.11. The number of furan rings is 1. The van der Waals surface area contributed by atoms with Gasteiger partial charge in [-0.05, 0) is 45.4 Å². The number of carbonyl (C=O) groups is 3. The highest BCUT2D eigenvalue weighted by Gasteiger charge is 2.32. The molecule has 2 heterocycles. The van der Waals surface area contributed by atoms with Gasteiger partial charge in [-0.1, -0.05) is 12.1 Å². The normalized spacial score (nSPS) is 18.6. The van der Waals surface area contributed by atoms with Crippen LogP contribution in [-0.4, -0.2) is 48.3 Å². The summed E-state index contributed by atoms with van der Waals surface area (Å²) in [5.41, 5.74) is 0.954. The molecular weight excluding hydrogens is 360 g/mol. The number of anilines is 1. The van der Waals surface area contributed by atoms with E-state index in [4.69, 9.17) is 9.15 Å². The molecule has 1 fully saturated rings. The molecule has 150 valence electrons. The van der Waals surface area contributed by atoms with E-state index in [2.05, 4.69) is 5.32 Å². The zero-order valence-corrected chi connectivity index (χ0v) is 16.5. The van der Waals surface area contributed by atoms with Gasteiger partial charge in [-0.15, -0.1) is 0 Å². The largest absolute Gasteiger partial charge is 0.466 e. The number of piperidine rings is 1. The van der Waals surface area contributed by atoms with Crippen LogP contribution in [-0.2, 0) is 14.3 Å². The molecule has 0 spiro atoms. The highest BCUT2D eigenvalue weighted by atomic mass is 16.5. The summed E-state index contributed by atoms with van der Waals surface area (Å²) in [6.45, 7) is 6.57. The number of nitrogens with one attached hydrogen (secondary N) is 1. The van der Waals surface area contributed by atoms with Gasteiger partial charge in [0.15, 0.2) is 11.5 Å². The maximum Gasteiger partial charge on any atom is 0.310 e. The maximum atomic E-state index is 12.9. The molecule has 0 bridgehead atoms. The van der Waals surface area contributed by atoms with E-state index in [1.807, 2.05) is 23.1 Å². The quantitative estimate of drug-likeness (QED) is 0.606. The van der Waals surface area contributed by atoms with Crippen molar-refractivity contribution >= 4 is 34.3 Å². The second-order valence-electron chi connectivity index (χ2n) is 7.11. The lowest BCUT2D eigenvalue weighted by molar-refractivity contribution is -0.150. The molecule has 1 aliphatic rings. The van der Waals surface area contributed by atoms with Crippen molar-refractivity contribution in [2.45, 2.75) is 39.7 Å². The Balaban J connectivity index is 1.76. The van der Waals surface area contributed by atoms with E-state index in [1.165, 1.54) is 6.92 Å². The van der Waals surface area contributed by atoms with Crippen molar-refractivity contribution in [2.75, 3.05) is 25.0 Å². The Morgan fingerprint density at radius 3 is 2.79 bits per heavy atom. The van der Waals surface area contributed by atoms with Gasteiger partial charge in [0.2, 0.25) is 5.91 Å². The number of fused-ring (bicyclic) bond motifs is 1. The molecule has 0 saturated carbocycles. The fraction of sp³-hybridized carbons (Fsp3) is 0.476. The summed E-state index contributed by atoms with van der Waals surface area (Å²) < 4.78 is 10.8. The lowest BCUT2D eigenvalue weighted by Gasteiger charge is -2.35. The number of esters is 1. The average Bonchev–Trinajstić information content (AvgIpc) is 3.06. The van der Waals surface area contributed by atoms with Crippen molar-refractivity contribution in [1.82, 2.24) is 4.90 Å². The second-order valence-corrected chi connectivity index (χ2v) is 7.11. The zero-order chi connectivity index (χ0) is 20.3. The summed E-state index contributed by atoms with van der Waals surface area (Å²) in [7, 11) is 0. The van der Waals surface area contributed by atoms with Crippen LogP contribution < -0.4 is 5.32 Å². The molecule has 28 heavy (non-hydrogen) atoms. The average molecular weight is 386 g/mol. The minimum atomic E-state index is -0.453. The summed E-state index contributed by atoms with van der Waals surface area (Å²) >= 11 is 0. The number of Topliss-reactive ketones (excluding diaryl/α,β-unsaturated/α-hetero) is 1. The van der Waals surface area contributed by atoms with Crippen molar-refractivity contribution in [3.63, 3.8) is 0 Å². The first-order valence-corrected chi connectivity index (χ1v) is 9.66. The third kappa shape index (κ3) is 4.09. The number of rotatable bonds is 6. The molecule has 1 saturated heterocycles. The topological polar surface area (TPSA) is 88.9 Å². The molecule has 1 N–H and O–H groups in total.